The molecule has 2 rings (SSSR count). The smallest absolute Gasteiger partial charge is 0.146 e. The van der Waals surface area contributed by atoms with Crippen molar-refractivity contribution in [2.24, 2.45) is 11.8 Å². The van der Waals surface area contributed by atoms with Crippen LogP contribution in [0.4, 0.5) is 10.1 Å². The van der Waals surface area contributed by atoms with Crippen molar-refractivity contribution in [2.75, 3.05) is 18.0 Å². The third kappa shape index (κ3) is 4.99. The van der Waals surface area contributed by atoms with Crippen LogP contribution in [0.5, 0.6) is 0 Å². The Morgan fingerprint density at radius 2 is 1.95 bits per heavy atom. The first-order valence-electron chi connectivity index (χ1n) is 8.23. The number of anilines is 1. The predicted molar refractivity (Wildman–Crippen MR) is 88.2 cm³/mol. The summed E-state index contributed by atoms with van der Waals surface area (Å²) in [5.41, 5.74) is 1.77. The molecule has 0 saturated heterocycles. The fraction of sp³-hybridized carbons (Fsp3) is 0.667. The van der Waals surface area contributed by atoms with Gasteiger partial charge in [-0.1, -0.05) is 19.9 Å². The van der Waals surface area contributed by atoms with E-state index in [2.05, 4.69) is 37.9 Å². The summed E-state index contributed by atoms with van der Waals surface area (Å²) < 4.78 is 14.4. The summed E-state index contributed by atoms with van der Waals surface area (Å²) >= 11 is 0. The van der Waals surface area contributed by atoms with Gasteiger partial charge in [0.1, 0.15) is 5.82 Å². The second-order valence-corrected chi connectivity index (χ2v) is 7.00. The monoisotopic (exact) mass is 292 g/mol. The molecule has 0 heterocycles. The van der Waals surface area contributed by atoms with Crippen LogP contribution in [-0.2, 0) is 6.54 Å². The SMILES string of the molecule is CC(C)CNCc1ccc(N(CC2CC2)C(C)C)c(F)c1. The Bertz CT molecular complexity index is 453. The number of rotatable bonds is 8. The topological polar surface area (TPSA) is 15.3 Å². The Balaban J connectivity index is 2.02. The lowest BCUT2D eigenvalue weighted by atomic mass is 10.1. The molecule has 1 fully saturated rings. The van der Waals surface area contributed by atoms with Gasteiger partial charge >= 0.3 is 0 Å². The highest BCUT2D eigenvalue weighted by molar-refractivity contribution is 5.50. The highest BCUT2D eigenvalue weighted by Crippen LogP contribution is 2.33. The van der Waals surface area contributed by atoms with Gasteiger partial charge in [0.05, 0.1) is 5.69 Å². The number of hydrogen-bond donors (Lipinski definition) is 1. The molecule has 1 aliphatic rings. The van der Waals surface area contributed by atoms with Gasteiger partial charge in [0.15, 0.2) is 0 Å². The molecular formula is C18H29FN2. The van der Waals surface area contributed by atoms with E-state index in [0.717, 1.165) is 36.8 Å². The summed E-state index contributed by atoms with van der Waals surface area (Å²) in [6.07, 6.45) is 2.59. The molecule has 0 spiro atoms. The van der Waals surface area contributed by atoms with E-state index in [1.165, 1.54) is 12.8 Å². The number of benzene rings is 1. The fourth-order valence-electron chi connectivity index (χ4n) is 2.56. The lowest BCUT2D eigenvalue weighted by molar-refractivity contribution is 0.548. The van der Waals surface area contributed by atoms with Crippen molar-refractivity contribution in [1.29, 1.82) is 0 Å². The number of halogens is 1. The standard InChI is InChI=1S/C18H29FN2/c1-13(2)10-20-11-16-7-8-18(17(19)9-16)21(14(3)4)12-15-5-6-15/h7-9,13-15,20H,5-6,10-12H2,1-4H3. The maximum atomic E-state index is 14.4. The van der Waals surface area contributed by atoms with Crippen molar-refractivity contribution >= 4 is 5.69 Å². The summed E-state index contributed by atoms with van der Waals surface area (Å²) in [7, 11) is 0. The molecule has 0 aliphatic heterocycles. The second kappa shape index (κ2) is 7.26. The molecule has 0 amide bonds. The summed E-state index contributed by atoms with van der Waals surface area (Å²) in [4.78, 5) is 2.21. The molecule has 1 aromatic carbocycles. The van der Waals surface area contributed by atoms with Gasteiger partial charge in [-0.15, -0.1) is 0 Å². The third-order valence-electron chi connectivity index (χ3n) is 3.98. The van der Waals surface area contributed by atoms with E-state index in [-0.39, 0.29) is 5.82 Å². The van der Waals surface area contributed by atoms with E-state index in [0.29, 0.717) is 12.0 Å². The lowest BCUT2D eigenvalue weighted by Crippen LogP contribution is -2.33. The van der Waals surface area contributed by atoms with Crippen molar-refractivity contribution in [3.05, 3.63) is 29.6 Å². The average Bonchev–Trinajstić information content (AvgIpc) is 3.20. The van der Waals surface area contributed by atoms with E-state index < -0.39 is 0 Å². The van der Waals surface area contributed by atoms with Crippen LogP contribution in [0.2, 0.25) is 0 Å². The summed E-state index contributed by atoms with van der Waals surface area (Å²) in [5, 5.41) is 3.36. The van der Waals surface area contributed by atoms with Gasteiger partial charge in [0.25, 0.3) is 0 Å². The van der Waals surface area contributed by atoms with Crippen LogP contribution < -0.4 is 10.2 Å². The molecule has 0 bridgehead atoms. The summed E-state index contributed by atoms with van der Waals surface area (Å²) in [5.74, 6) is 1.29. The van der Waals surface area contributed by atoms with E-state index in [1.807, 2.05) is 12.1 Å². The fourth-order valence-corrected chi connectivity index (χ4v) is 2.56. The van der Waals surface area contributed by atoms with Crippen LogP contribution in [-0.4, -0.2) is 19.1 Å². The molecule has 0 radical (unpaired) electrons. The van der Waals surface area contributed by atoms with Crippen LogP contribution in [0.15, 0.2) is 18.2 Å². The maximum Gasteiger partial charge on any atom is 0.146 e. The normalized spacial score (nSPS) is 15.0. The minimum absolute atomic E-state index is 0.0896. The Labute approximate surface area is 128 Å². The Kier molecular flexibility index (Phi) is 5.63. The maximum absolute atomic E-state index is 14.4. The minimum atomic E-state index is -0.0896. The first kappa shape index (κ1) is 16.3. The highest BCUT2D eigenvalue weighted by Gasteiger charge is 2.26. The number of nitrogens with one attached hydrogen (secondary N) is 1. The van der Waals surface area contributed by atoms with Gasteiger partial charge in [0.2, 0.25) is 0 Å². The molecule has 21 heavy (non-hydrogen) atoms. The van der Waals surface area contributed by atoms with Crippen LogP contribution in [0, 0.1) is 17.7 Å². The van der Waals surface area contributed by atoms with Crippen molar-refractivity contribution in [1.82, 2.24) is 5.32 Å². The quantitative estimate of drug-likeness (QED) is 0.772. The molecule has 0 aromatic heterocycles. The van der Waals surface area contributed by atoms with E-state index in [4.69, 9.17) is 0 Å². The second-order valence-electron chi connectivity index (χ2n) is 7.00. The highest BCUT2D eigenvalue weighted by atomic mass is 19.1. The summed E-state index contributed by atoms with van der Waals surface area (Å²) in [6.45, 7) is 11.3. The van der Waals surface area contributed by atoms with Crippen molar-refractivity contribution in [3.63, 3.8) is 0 Å². The molecule has 1 N–H and O–H groups in total. The zero-order valence-electron chi connectivity index (χ0n) is 13.8. The summed E-state index contributed by atoms with van der Waals surface area (Å²) in [6, 6.07) is 6.02. The third-order valence-corrected chi connectivity index (χ3v) is 3.98. The van der Waals surface area contributed by atoms with Gasteiger partial charge in [-0.25, -0.2) is 4.39 Å². The van der Waals surface area contributed by atoms with Crippen LogP contribution in [0.25, 0.3) is 0 Å². The van der Waals surface area contributed by atoms with E-state index in [1.54, 1.807) is 6.07 Å². The zero-order chi connectivity index (χ0) is 15.4. The number of nitrogens with zero attached hydrogens (tertiary/aromatic N) is 1. The minimum Gasteiger partial charge on any atom is -0.366 e. The van der Waals surface area contributed by atoms with Crippen molar-refractivity contribution in [3.8, 4) is 0 Å². The van der Waals surface area contributed by atoms with Gasteiger partial charge in [-0.2, -0.15) is 0 Å². The Hall–Kier alpha value is -1.09. The molecule has 3 heteroatoms. The first-order chi connectivity index (χ1) is 9.97. The zero-order valence-corrected chi connectivity index (χ0v) is 13.8. The molecule has 1 aliphatic carbocycles. The largest absolute Gasteiger partial charge is 0.366 e. The van der Waals surface area contributed by atoms with Gasteiger partial charge in [-0.05, 0) is 62.8 Å². The molecule has 2 nitrogen and oxygen atoms in total. The van der Waals surface area contributed by atoms with Gasteiger partial charge < -0.3 is 10.2 Å². The van der Waals surface area contributed by atoms with Crippen LogP contribution >= 0.6 is 0 Å². The lowest BCUT2D eigenvalue weighted by Gasteiger charge is -2.29. The van der Waals surface area contributed by atoms with Gasteiger partial charge in [0, 0.05) is 19.1 Å². The molecule has 1 aromatic rings. The molecule has 1 saturated carbocycles. The van der Waals surface area contributed by atoms with Crippen LogP contribution in [0.3, 0.4) is 0 Å². The van der Waals surface area contributed by atoms with Crippen molar-refractivity contribution < 1.29 is 4.39 Å². The van der Waals surface area contributed by atoms with E-state index in [9.17, 15) is 4.39 Å². The molecular weight excluding hydrogens is 263 g/mol. The Morgan fingerprint density at radius 3 is 2.48 bits per heavy atom. The molecule has 0 atom stereocenters. The van der Waals surface area contributed by atoms with Gasteiger partial charge in [-0.3, -0.25) is 0 Å². The van der Waals surface area contributed by atoms with Crippen molar-refractivity contribution in [2.45, 2.75) is 53.1 Å². The average molecular weight is 292 g/mol. The molecule has 118 valence electrons. The first-order valence-corrected chi connectivity index (χ1v) is 8.23. The van der Waals surface area contributed by atoms with Crippen LogP contribution in [0.1, 0.15) is 46.1 Å². The van der Waals surface area contributed by atoms with E-state index >= 15 is 0 Å². The Morgan fingerprint density at radius 1 is 1.24 bits per heavy atom. The predicted octanol–water partition coefficient (Wildman–Crippen LogP) is 4.20. The number of hydrogen-bond acceptors (Lipinski definition) is 2. The molecule has 0 unspecified atom stereocenters.